The standard InChI is InChI=1S/C11H23N3O2/c1-2-3-10-16-11(15)13-6-9-14-7-4-12-5-8-14/h12H,2-10H2,1H3,(H,13,15). The number of hydrogen-bond acceptors (Lipinski definition) is 4. The molecular weight excluding hydrogens is 206 g/mol. The van der Waals surface area contributed by atoms with Crippen molar-refractivity contribution in [1.82, 2.24) is 15.5 Å². The molecule has 1 amide bonds. The van der Waals surface area contributed by atoms with Crippen LogP contribution < -0.4 is 10.6 Å². The number of carbonyl (C=O) groups is 1. The molecule has 0 saturated carbocycles. The Bertz CT molecular complexity index is 194. The fourth-order valence-corrected chi connectivity index (χ4v) is 1.61. The zero-order chi connectivity index (χ0) is 11.6. The maximum absolute atomic E-state index is 11.2. The Labute approximate surface area is 97.5 Å². The van der Waals surface area contributed by atoms with Crippen LogP contribution in [0.5, 0.6) is 0 Å². The number of nitrogens with one attached hydrogen (secondary N) is 2. The van der Waals surface area contributed by atoms with Crippen LogP contribution >= 0.6 is 0 Å². The largest absolute Gasteiger partial charge is 0.450 e. The molecule has 1 fully saturated rings. The van der Waals surface area contributed by atoms with Crippen LogP contribution in [0.15, 0.2) is 0 Å². The molecule has 1 heterocycles. The molecule has 1 aliphatic heterocycles. The number of ether oxygens (including phenoxy) is 1. The lowest BCUT2D eigenvalue weighted by Crippen LogP contribution is -2.46. The Morgan fingerprint density at radius 1 is 1.44 bits per heavy atom. The molecule has 5 nitrogen and oxygen atoms in total. The first-order chi connectivity index (χ1) is 7.83. The second-order valence-corrected chi connectivity index (χ2v) is 4.01. The molecule has 94 valence electrons. The van der Waals surface area contributed by atoms with Crippen molar-refractivity contribution in [2.45, 2.75) is 19.8 Å². The van der Waals surface area contributed by atoms with Gasteiger partial charge in [-0.2, -0.15) is 0 Å². The van der Waals surface area contributed by atoms with E-state index in [4.69, 9.17) is 4.74 Å². The molecule has 0 spiro atoms. The topological polar surface area (TPSA) is 53.6 Å². The van der Waals surface area contributed by atoms with Crippen molar-refractivity contribution < 1.29 is 9.53 Å². The Morgan fingerprint density at radius 3 is 2.88 bits per heavy atom. The number of unbranched alkanes of at least 4 members (excludes halogenated alkanes) is 1. The fraction of sp³-hybridized carbons (Fsp3) is 0.909. The molecule has 16 heavy (non-hydrogen) atoms. The van der Waals surface area contributed by atoms with Gasteiger partial charge in [0.05, 0.1) is 6.61 Å². The van der Waals surface area contributed by atoms with Crippen LogP contribution in [-0.4, -0.2) is 56.9 Å². The molecule has 0 atom stereocenters. The predicted molar refractivity (Wildman–Crippen MR) is 63.6 cm³/mol. The first-order valence-corrected chi connectivity index (χ1v) is 6.16. The molecule has 1 aliphatic rings. The van der Waals surface area contributed by atoms with E-state index in [1.807, 2.05) is 0 Å². The molecule has 0 aliphatic carbocycles. The molecule has 0 aromatic heterocycles. The minimum absolute atomic E-state index is 0.288. The number of hydrogen-bond donors (Lipinski definition) is 2. The SMILES string of the molecule is CCCCOC(=O)NCCN1CCNCC1. The van der Waals surface area contributed by atoms with Crippen LogP contribution in [0.25, 0.3) is 0 Å². The van der Waals surface area contributed by atoms with Gasteiger partial charge in [-0.25, -0.2) is 4.79 Å². The van der Waals surface area contributed by atoms with E-state index in [0.29, 0.717) is 13.2 Å². The van der Waals surface area contributed by atoms with Gasteiger partial charge in [0.1, 0.15) is 0 Å². The van der Waals surface area contributed by atoms with Crippen molar-refractivity contribution in [2.75, 3.05) is 45.9 Å². The predicted octanol–water partition coefficient (Wildman–Crippen LogP) is 0.418. The Kier molecular flexibility index (Phi) is 6.92. The summed E-state index contributed by atoms with van der Waals surface area (Å²) >= 11 is 0. The van der Waals surface area contributed by atoms with Crippen LogP contribution in [0.3, 0.4) is 0 Å². The maximum atomic E-state index is 11.2. The smallest absolute Gasteiger partial charge is 0.407 e. The molecule has 1 rings (SSSR count). The van der Waals surface area contributed by atoms with Crippen molar-refractivity contribution in [3.8, 4) is 0 Å². The highest BCUT2D eigenvalue weighted by Gasteiger charge is 2.09. The minimum atomic E-state index is -0.288. The van der Waals surface area contributed by atoms with Gasteiger partial charge in [0.25, 0.3) is 0 Å². The summed E-state index contributed by atoms with van der Waals surface area (Å²) in [7, 11) is 0. The van der Waals surface area contributed by atoms with Crippen LogP contribution in [0.4, 0.5) is 4.79 Å². The van der Waals surface area contributed by atoms with Gasteiger partial charge >= 0.3 is 6.09 Å². The second-order valence-electron chi connectivity index (χ2n) is 4.01. The number of alkyl carbamates (subject to hydrolysis) is 1. The third-order valence-electron chi connectivity index (χ3n) is 2.64. The highest BCUT2D eigenvalue weighted by molar-refractivity contribution is 5.67. The summed E-state index contributed by atoms with van der Waals surface area (Å²) in [5, 5.41) is 6.06. The molecule has 0 aromatic rings. The van der Waals surface area contributed by atoms with Crippen molar-refractivity contribution >= 4 is 6.09 Å². The molecule has 5 heteroatoms. The number of carbonyl (C=O) groups excluding carboxylic acids is 1. The lowest BCUT2D eigenvalue weighted by Gasteiger charge is -2.26. The normalized spacial score (nSPS) is 17.1. The molecule has 0 aromatic carbocycles. The molecule has 0 unspecified atom stereocenters. The van der Waals surface area contributed by atoms with Crippen molar-refractivity contribution in [1.29, 1.82) is 0 Å². The molecule has 0 bridgehead atoms. The molecule has 2 N–H and O–H groups in total. The first kappa shape index (κ1) is 13.3. The van der Waals surface area contributed by atoms with Crippen molar-refractivity contribution in [2.24, 2.45) is 0 Å². The van der Waals surface area contributed by atoms with E-state index in [1.165, 1.54) is 0 Å². The summed E-state index contributed by atoms with van der Waals surface area (Å²) in [5.74, 6) is 0. The van der Waals surface area contributed by atoms with E-state index in [-0.39, 0.29) is 6.09 Å². The molecular formula is C11H23N3O2. The van der Waals surface area contributed by atoms with Gasteiger partial charge in [-0.15, -0.1) is 0 Å². The van der Waals surface area contributed by atoms with E-state index in [0.717, 1.165) is 45.6 Å². The van der Waals surface area contributed by atoms with E-state index >= 15 is 0 Å². The van der Waals surface area contributed by atoms with Gasteiger partial charge in [-0.3, -0.25) is 4.90 Å². The van der Waals surface area contributed by atoms with Gasteiger partial charge in [0, 0.05) is 39.3 Å². The number of nitrogens with zero attached hydrogens (tertiary/aromatic N) is 1. The van der Waals surface area contributed by atoms with E-state index in [1.54, 1.807) is 0 Å². The highest BCUT2D eigenvalue weighted by atomic mass is 16.5. The number of rotatable bonds is 6. The van der Waals surface area contributed by atoms with Gasteiger partial charge in [0.2, 0.25) is 0 Å². The first-order valence-electron chi connectivity index (χ1n) is 6.16. The van der Waals surface area contributed by atoms with Crippen molar-refractivity contribution in [3.63, 3.8) is 0 Å². The molecule has 0 radical (unpaired) electrons. The summed E-state index contributed by atoms with van der Waals surface area (Å²) in [4.78, 5) is 13.5. The Morgan fingerprint density at radius 2 is 2.19 bits per heavy atom. The fourth-order valence-electron chi connectivity index (χ4n) is 1.61. The average Bonchev–Trinajstić information content (AvgIpc) is 2.31. The van der Waals surface area contributed by atoms with E-state index in [2.05, 4.69) is 22.5 Å². The number of piperazine rings is 1. The zero-order valence-corrected chi connectivity index (χ0v) is 10.1. The van der Waals surface area contributed by atoms with E-state index in [9.17, 15) is 4.79 Å². The Balaban J connectivity index is 1.94. The van der Waals surface area contributed by atoms with Crippen LogP contribution in [0, 0.1) is 0 Å². The second kappa shape index (κ2) is 8.35. The third kappa shape index (κ3) is 5.92. The van der Waals surface area contributed by atoms with Gasteiger partial charge in [-0.05, 0) is 6.42 Å². The lowest BCUT2D eigenvalue weighted by molar-refractivity contribution is 0.142. The van der Waals surface area contributed by atoms with Crippen molar-refractivity contribution in [3.05, 3.63) is 0 Å². The van der Waals surface area contributed by atoms with Gasteiger partial charge < -0.3 is 15.4 Å². The molecule has 1 saturated heterocycles. The van der Waals surface area contributed by atoms with Gasteiger partial charge in [0.15, 0.2) is 0 Å². The Hall–Kier alpha value is -0.810. The summed E-state index contributed by atoms with van der Waals surface area (Å²) in [6.07, 6.45) is 1.70. The van der Waals surface area contributed by atoms with Crippen LogP contribution in [-0.2, 0) is 4.74 Å². The quantitative estimate of drug-likeness (QED) is 0.648. The zero-order valence-electron chi connectivity index (χ0n) is 10.1. The summed E-state index contributed by atoms with van der Waals surface area (Å²) in [6.45, 7) is 8.39. The van der Waals surface area contributed by atoms with Crippen LogP contribution in [0.2, 0.25) is 0 Å². The lowest BCUT2D eigenvalue weighted by atomic mass is 10.3. The van der Waals surface area contributed by atoms with Gasteiger partial charge in [-0.1, -0.05) is 13.3 Å². The third-order valence-corrected chi connectivity index (χ3v) is 2.64. The van der Waals surface area contributed by atoms with E-state index < -0.39 is 0 Å². The van der Waals surface area contributed by atoms with Crippen LogP contribution in [0.1, 0.15) is 19.8 Å². The monoisotopic (exact) mass is 229 g/mol. The summed E-state index contributed by atoms with van der Waals surface area (Å²) < 4.78 is 4.99. The number of amides is 1. The maximum Gasteiger partial charge on any atom is 0.407 e. The summed E-state index contributed by atoms with van der Waals surface area (Å²) in [6, 6.07) is 0. The summed E-state index contributed by atoms with van der Waals surface area (Å²) in [5.41, 5.74) is 0. The minimum Gasteiger partial charge on any atom is -0.450 e. The average molecular weight is 229 g/mol. The highest BCUT2D eigenvalue weighted by Crippen LogP contribution is 1.91.